The molecule has 0 spiro atoms. The van der Waals surface area contributed by atoms with Crippen LogP contribution in [0.15, 0.2) is 91.1 Å². The maximum absolute atomic E-state index is 13.3. The Bertz CT molecular complexity index is 1990. The topological polar surface area (TPSA) is 125 Å². The lowest BCUT2D eigenvalue weighted by molar-refractivity contribution is -0.406. The SMILES string of the molecule is C=CC[C@H]1C=CC=C2C1Cn1cc(OCCCCCOc3cn4c(c3OC)C=[N+]([O-])C3=CC=C(c5cccc(N)c5)CC3C4)c(OC)c1C=[N+]2[O-]. The van der Waals surface area contributed by atoms with Crippen LogP contribution in [-0.2, 0) is 13.1 Å². The lowest BCUT2D eigenvalue weighted by atomic mass is 9.83. The molecule has 3 atom stereocenters. The molecule has 0 bridgehead atoms. The first kappa shape index (κ1) is 33.9. The van der Waals surface area contributed by atoms with Gasteiger partial charge in [0.15, 0.2) is 45.8 Å². The number of rotatable bonds is 13. The molecule has 11 nitrogen and oxygen atoms in total. The second-order valence-corrected chi connectivity index (χ2v) is 13.4. The smallest absolute Gasteiger partial charge is 0.208 e. The van der Waals surface area contributed by atoms with E-state index >= 15 is 0 Å². The molecule has 2 aromatic heterocycles. The molecule has 266 valence electrons. The quantitative estimate of drug-likeness (QED) is 0.0700. The Morgan fingerprint density at radius 3 is 2.20 bits per heavy atom. The maximum atomic E-state index is 13.3. The molecule has 11 heteroatoms. The van der Waals surface area contributed by atoms with Gasteiger partial charge in [-0.2, -0.15) is 9.48 Å². The Hall–Kier alpha value is -5.58. The van der Waals surface area contributed by atoms with Gasteiger partial charge in [-0.3, -0.25) is 0 Å². The molecule has 1 aromatic carbocycles. The summed E-state index contributed by atoms with van der Waals surface area (Å²) in [4.78, 5) is 0. The molecule has 0 amide bonds. The third-order valence-electron chi connectivity index (χ3n) is 10.1. The van der Waals surface area contributed by atoms with Crippen LogP contribution in [0.5, 0.6) is 23.0 Å². The zero-order valence-electron chi connectivity index (χ0n) is 29.2. The minimum Gasteiger partial charge on any atom is -0.618 e. The number of aromatic nitrogens is 2. The van der Waals surface area contributed by atoms with Gasteiger partial charge in [-0.05, 0) is 61.3 Å². The van der Waals surface area contributed by atoms with Gasteiger partial charge in [0.2, 0.25) is 12.4 Å². The van der Waals surface area contributed by atoms with Crippen LogP contribution >= 0.6 is 0 Å². The Labute approximate surface area is 298 Å². The molecule has 4 heterocycles. The van der Waals surface area contributed by atoms with Crippen molar-refractivity contribution in [2.75, 3.05) is 33.2 Å². The average Bonchev–Trinajstić information content (AvgIpc) is 3.52. The zero-order valence-corrected chi connectivity index (χ0v) is 29.2. The third-order valence-corrected chi connectivity index (χ3v) is 10.1. The van der Waals surface area contributed by atoms with E-state index in [-0.39, 0.29) is 17.8 Å². The summed E-state index contributed by atoms with van der Waals surface area (Å²) in [5, 5.41) is 26.4. The molecule has 0 fully saturated rings. The Kier molecular flexibility index (Phi) is 9.78. The molecule has 0 saturated heterocycles. The largest absolute Gasteiger partial charge is 0.618 e. The number of nitrogen functional groups attached to an aromatic ring is 1. The van der Waals surface area contributed by atoms with Gasteiger partial charge in [-0.15, -0.1) is 6.58 Å². The minimum atomic E-state index is -0.00846. The number of nitrogens with zero attached hydrogens (tertiary/aromatic N) is 4. The van der Waals surface area contributed by atoms with Gasteiger partial charge in [0.05, 0.1) is 51.7 Å². The molecule has 51 heavy (non-hydrogen) atoms. The predicted molar refractivity (Wildman–Crippen MR) is 198 cm³/mol. The van der Waals surface area contributed by atoms with Crippen molar-refractivity contribution < 1.29 is 28.4 Å². The summed E-state index contributed by atoms with van der Waals surface area (Å²) in [5.41, 5.74) is 11.8. The number of unbranched alkanes of at least 4 members (excludes halogenated alkanes) is 2. The molecule has 4 aliphatic rings. The van der Waals surface area contributed by atoms with E-state index in [0.29, 0.717) is 66.4 Å². The fourth-order valence-electron chi connectivity index (χ4n) is 7.60. The van der Waals surface area contributed by atoms with Crippen molar-refractivity contribution in [2.45, 2.75) is 45.2 Å². The van der Waals surface area contributed by atoms with E-state index in [9.17, 15) is 10.4 Å². The van der Waals surface area contributed by atoms with Crippen LogP contribution in [0.25, 0.3) is 5.57 Å². The van der Waals surface area contributed by atoms with Crippen LogP contribution in [-0.4, -0.2) is 58.5 Å². The lowest BCUT2D eigenvalue weighted by Gasteiger charge is -2.25. The summed E-state index contributed by atoms with van der Waals surface area (Å²) >= 11 is 0. The second-order valence-electron chi connectivity index (χ2n) is 13.4. The van der Waals surface area contributed by atoms with E-state index in [2.05, 4.69) is 21.8 Å². The standard InChI is InChI=1S/C40H45N5O6/c1-4-10-27-11-9-14-34-32(27)22-43-26-38(40(49-3)36(43)24-45(34)47)51-18-7-5-6-17-50-37-25-42-21-30-19-29(28-12-8-13-31(41)20-28)15-16-33(30)44(46)23-35(42)39(37)48-2/h4,8-9,11-16,20,23-27,30,32H,1,5-7,10,17-19,21-22,41H2,2-3H3/t27-,30?,32?/m0/s1. The number of hydroxylamine groups is 2. The van der Waals surface area contributed by atoms with Gasteiger partial charge in [-0.25, -0.2) is 0 Å². The van der Waals surface area contributed by atoms with Crippen LogP contribution in [0, 0.1) is 28.2 Å². The summed E-state index contributed by atoms with van der Waals surface area (Å²) in [7, 11) is 3.20. The van der Waals surface area contributed by atoms with Gasteiger partial charge < -0.3 is 44.2 Å². The number of hydrogen-bond acceptors (Lipinski definition) is 7. The van der Waals surface area contributed by atoms with Crippen molar-refractivity contribution in [2.24, 2.45) is 17.8 Å². The molecule has 2 aliphatic carbocycles. The highest BCUT2D eigenvalue weighted by Crippen LogP contribution is 2.41. The number of benzene rings is 1. The van der Waals surface area contributed by atoms with E-state index in [1.807, 2.05) is 67.0 Å². The molecule has 0 saturated carbocycles. The molecule has 0 radical (unpaired) electrons. The molecule has 3 aromatic rings. The second kappa shape index (κ2) is 14.7. The number of ether oxygens (including phenoxy) is 4. The van der Waals surface area contributed by atoms with Crippen molar-refractivity contribution in [3.05, 3.63) is 118 Å². The Balaban J connectivity index is 0.937. The summed E-state index contributed by atoms with van der Waals surface area (Å²) in [6.45, 7) is 6.16. The molecular formula is C40H45N5O6. The third kappa shape index (κ3) is 6.80. The van der Waals surface area contributed by atoms with E-state index < -0.39 is 0 Å². The van der Waals surface area contributed by atoms with Gasteiger partial charge in [-0.1, -0.05) is 36.4 Å². The number of allylic oxidation sites excluding steroid dienone is 9. The van der Waals surface area contributed by atoms with Crippen LogP contribution in [0.1, 0.15) is 49.1 Å². The lowest BCUT2D eigenvalue weighted by Crippen LogP contribution is -2.25. The highest BCUT2D eigenvalue weighted by molar-refractivity contribution is 5.82. The van der Waals surface area contributed by atoms with Crippen molar-refractivity contribution in [3.8, 4) is 23.0 Å². The van der Waals surface area contributed by atoms with Gasteiger partial charge in [0.25, 0.3) is 0 Å². The van der Waals surface area contributed by atoms with Gasteiger partial charge in [0.1, 0.15) is 0 Å². The monoisotopic (exact) mass is 691 g/mol. The van der Waals surface area contributed by atoms with Crippen molar-refractivity contribution in [3.63, 3.8) is 0 Å². The Morgan fingerprint density at radius 2 is 1.55 bits per heavy atom. The number of hydrogen-bond donors (Lipinski definition) is 1. The van der Waals surface area contributed by atoms with Crippen LogP contribution < -0.4 is 24.7 Å². The van der Waals surface area contributed by atoms with Gasteiger partial charge >= 0.3 is 0 Å². The fourth-order valence-corrected chi connectivity index (χ4v) is 7.60. The summed E-state index contributed by atoms with van der Waals surface area (Å²) < 4.78 is 29.9. The number of anilines is 1. The van der Waals surface area contributed by atoms with E-state index in [0.717, 1.165) is 64.1 Å². The number of nitrogens with two attached hydrogens (primary N) is 1. The normalized spacial score (nSPS) is 20.4. The van der Waals surface area contributed by atoms with Crippen LogP contribution in [0.3, 0.4) is 0 Å². The van der Waals surface area contributed by atoms with Crippen molar-refractivity contribution in [1.82, 2.24) is 9.13 Å². The number of methoxy groups -OCH3 is 2. The maximum Gasteiger partial charge on any atom is 0.208 e. The van der Waals surface area contributed by atoms with E-state index in [4.69, 9.17) is 24.7 Å². The molecule has 2 unspecified atom stereocenters. The first-order valence-corrected chi connectivity index (χ1v) is 17.6. The highest BCUT2D eigenvalue weighted by atomic mass is 16.5. The summed E-state index contributed by atoms with van der Waals surface area (Å²) in [6, 6.07) is 7.85. The van der Waals surface area contributed by atoms with Crippen LogP contribution in [0.4, 0.5) is 5.69 Å². The molecular weight excluding hydrogens is 646 g/mol. The molecule has 2 N–H and O–H groups in total. The van der Waals surface area contributed by atoms with Gasteiger partial charge in [0, 0.05) is 30.9 Å². The molecule has 2 aliphatic heterocycles. The zero-order chi connectivity index (χ0) is 35.5. The fraction of sp³-hybridized carbons (Fsp3) is 0.350. The van der Waals surface area contributed by atoms with E-state index in [1.165, 1.54) is 0 Å². The summed E-state index contributed by atoms with van der Waals surface area (Å²) in [5.74, 6) is 2.59. The van der Waals surface area contributed by atoms with E-state index in [1.54, 1.807) is 26.6 Å². The first-order valence-electron chi connectivity index (χ1n) is 17.6. The van der Waals surface area contributed by atoms with Crippen molar-refractivity contribution in [1.29, 1.82) is 0 Å². The number of fused-ring (bicyclic) bond motifs is 4. The van der Waals surface area contributed by atoms with Crippen molar-refractivity contribution >= 4 is 23.7 Å². The Morgan fingerprint density at radius 1 is 0.882 bits per heavy atom. The molecule has 7 rings (SSSR count). The summed E-state index contributed by atoms with van der Waals surface area (Å²) in [6.07, 6.45) is 22.9. The highest BCUT2D eigenvalue weighted by Gasteiger charge is 2.36. The van der Waals surface area contributed by atoms with Crippen LogP contribution in [0.2, 0.25) is 0 Å². The minimum absolute atomic E-state index is 0.00846. The first-order chi connectivity index (χ1) is 24.9. The predicted octanol–water partition coefficient (Wildman–Crippen LogP) is 6.65. The average molecular weight is 692 g/mol.